The molecule has 18 heteroatoms. The second-order valence-electron chi connectivity index (χ2n) is 9.50. The minimum atomic E-state index is -1.77. The lowest BCUT2D eigenvalue weighted by molar-refractivity contribution is -0.684. The van der Waals surface area contributed by atoms with Gasteiger partial charge < -0.3 is 31.8 Å². The highest BCUT2D eigenvalue weighted by Crippen LogP contribution is 2.41. The van der Waals surface area contributed by atoms with E-state index in [1.165, 1.54) is 42.8 Å². The van der Waals surface area contributed by atoms with E-state index in [-0.39, 0.29) is 23.1 Å². The Morgan fingerprint density at radius 2 is 1.98 bits per heavy atom. The Hall–Kier alpha value is -4.16. The molecule has 1 fully saturated rings. The SMILES string of the molecule is CC(C)(O/N=C(\C(=O)N[C@@H]1C(=O)N2C(C(=O)O)=C(CSc3cc[n+](CC(N)=O)cc3)CS[C@H]12)c1csc(N)n1)C(=O)O. The van der Waals surface area contributed by atoms with Crippen molar-refractivity contribution >= 4 is 75.4 Å². The van der Waals surface area contributed by atoms with E-state index in [0.717, 1.165) is 21.1 Å². The van der Waals surface area contributed by atoms with Crippen LogP contribution in [0.3, 0.4) is 0 Å². The molecule has 7 N–H and O–H groups in total. The van der Waals surface area contributed by atoms with E-state index in [0.29, 0.717) is 17.1 Å². The largest absolute Gasteiger partial charge is 0.478 e. The lowest BCUT2D eigenvalue weighted by Gasteiger charge is -2.49. The van der Waals surface area contributed by atoms with Crippen molar-refractivity contribution in [2.24, 2.45) is 10.9 Å². The third-order valence-corrected chi connectivity index (χ3v) is 9.12. The van der Waals surface area contributed by atoms with E-state index in [4.69, 9.17) is 16.3 Å². The zero-order valence-corrected chi connectivity index (χ0v) is 24.6. The van der Waals surface area contributed by atoms with Gasteiger partial charge in [0.25, 0.3) is 17.7 Å². The van der Waals surface area contributed by atoms with E-state index >= 15 is 0 Å². The van der Waals surface area contributed by atoms with Gasteiger partial charge in [-0.15, -0.1) is 34.9 Å². The normalized spacial score (nSPS) is 18.7. The Balaban J connectivity index is 1.48. The van der Waals surface area contributed by atoms with E-state index in [1.54, 1.807) is 29.1 Å². The first-order valence-electron chi connectivity index (χ1n) is 12.1. The quantitative estimate of drug-likeness (QED) is 0.0659. The van der Waals surface area contributed by atoms with Crippen LogP contribution in [0.2, 0.25) is 0 Å². The summed E-state index contributed by atoms with van der Waals surface area (Å²) in [4.78, 5) is 72.1. The fourth-order valence-electron chi connectivity index (χ4n) is 3.80. The van der Waals surface area contributed by atoms with E-state index < -0.39 is 52.4 Å². The molecule has 0 bridgehead atoms. The second kappa shape index (κ2) is 12.4. The number of rotatable bonds is 12. The molecule has 0 aliphatic carbocycles. The first-order valence-corrected chi connectivity index (χ1v) is 15.0. The molecule has 0 aromatic carbocycles. The Morgan fingerprint density at radius 3 is 2.55 bits per heavy atom. The molecule has 2 atom stereocenters. The van der Waals surface area contributed by atoms with Crippen LogP contribution in [0.25, 0.3) is 0 Å². The summed E-state index contributed by atoms with van der Waals surface area (Å²) in [6.07, 6.45) is 3.37. The maximum Gasteiger partial charge on any atom is 0.352 e. The summed E-state index contributed by atoms with van der Waals surface area (Å²) in [5.74, 6) is -3.99. The van der Waals surface area contributed by atoms with E-state index in [1.807, 2.05) is 0 Å². The average Bonchev–Trinajstić information content (AvgIpc) is 3.35. The molecule has 0 radical (unpaired) electrons. The fraction of sp³-hybridized carbons (Fsp3) is 0.333. The number of hydrogen-bond donors (Lipinski definition) is 5. The summed E-state index contributed by atoms with van der Waals surface area (Å²) in [5, 5.41) is 26.4. The van der Waals surface area contributed by atoms with Crippen LogP contribution in [0.4, 0.5) is 5.13 Å². The van der Waals surface area contributed by atoms with E-state index in [2.05, 4.69) is 15.5 Å². The number of pyridine rings is 1. The number of primary amides is 1. The predicted octanol–water partition coefficient (Wildman–Crippen LogP) is -0.387. The summed E-state index contributed by atoms with van der Waals surface area (Å²) in [5.41, 5.74) is 9.12. The highest BCUT2D eigenvalue weighted by molar-refractivity contribution is 8.01. The lowest BCUT2D eigenvalue weighted by atomic mass is 10.0. The minimum absolute atomic E-state index is 0.0163. The number of β-lactam (4-membered cyclic amide) rings is 1. The zero-order chi connectivity index (χ0) is 30.8. The molecule has 0 saturated carbocycles. The molecule has 42 heavy (non-hydrogen) atoms. The number of nitrogen functional groups attached to an aromatic ring is 1. The summed E-state index contributed by atoms with van der Waals surface area (Å²) in [6, 6.07) is 2.46. The van der Waals surface area contributed by atoms with Gasteiger partial charge in [0.05, 0.1) is 0 Å². The van der Waals surface area contributed by atoms with Crippen LogP contribution >= 0.6 is 34.9 Å². The van der Waals surface area contributed by atoms with Gasteiger partial charge in [-0.1, -0.05) is 5.16 Å². The molecule has 4 heterocycles. The van der Waals surface area contributed by atoms with Gasteiger partial charge in [-0.2, -0.15) is 4.57 Å². The van der Waals surface area contributed by atoms with Crippen LogP contribution in [0.1, 0.15) is 19.5 Å². The molecule has 2 aromatic heterocycles. The van der Waals surface area contributed by atoms with Crippen molar-refractivity contribution in [3.8, 4) is 0 Å². The minimum Gasteiger partial charge on any atom is -0.478 e. The molecule has 15 nitrogen and oxygen atoms in total. The molecule has 3 amide bonds. The van der Waals surface area contributed by atoms with Crippen molar-refractivity contribution in [3.63, 3.8) is 0 Å². The smallest absolute Gasteiger partial charge is 0.352 e. The number of carboxylic acid groups (broad SMARTS) is 2. The monoisotopic (exact) mass is 636 g/mol. The van der Waals surface area contributed by atoms with Crippen LogP contribution in [-0.4, -0.2) is 84.0 Å². The van der Waals surface area contributed by atoms with Gasteiger partial charge in [-0.3, -0.25) is 19.3 Å². The first kappa shape index (κ1) is 30.8. The Labute approximate surface area is 251 Å². The van der Waals surface area contributed by atoms with Crippen LogP contribution in [0.5, 0.6) is 0 Å². The number of fused-ring (bicyclic) bond motifs is 1. The van der Waals surface area contributed by atoms with Gasteiger partial charge >= 0.3 is 11.9 Å². The summed E-state index contributed by atoms with van der Waals surface area (Å²) < 4.78 is 1.61. The fourth-order valence-corrected chi connectivity index (χ4v) is 6.72. The number of nitrogens with zero attached hydrogens (tertiary/aromatic N) is 4. The Morgan fingerprint density at radius 1 is 1.29 bits per heavy atom. The van der Waals surface area contributed by atoms with E-state index in [9.17, 15) is 34.2 Å². The topological polar surface area (TPSA) is 231 Å². The molecule has 2 aromatic rings. The zero-order valence-electron chi connectivity index (χ0n) is 22.2. The molecule has 0 unspecified atom stereocenters. The standard InChI is InChI=1S/C24H25N7O8S3/c1-24(2,22(37)38)39-29-15(13-10-42-23(26)27-13)18(33)28-16-19(34)31-17(21(35)36)11(9-41-20(16)31)8-40-12-3-5-30(6-4-12)7-14(25)32/h3-6,10,16,20H,7-9H2,1-2H3,(H6-,25,26,27,28,32,33,35,36,37,38)/p+1/b29-15-/t16-,20-/m1/s1. The van der Waals surface area contributed by atoms with Crippen molar-refractivity contribution in [2.75, 3.05) is 17.2 Å². The third-order valence-electron chi connectivity index (χ3n) is 6.01. The highest BCUT2D eigenvalue weighted by atomic mass is 32.2. The number of aliphatic carboxylic acids is 2. The average molecular weight is 637 g/mol. The first-order chi connectivity index (χ1) is 19.8. The summed E-state index contributed by atoms with van der Waals surface area (Å²) in [6.45, 7) is 2.51. The van der Waals surface area contributed by atoms with Gasteiger partial charge in [0, 0.05) is 33.9 Å². The number of oxime groups is 1. The molecule has 0 spiro atoms. The number of anilines is 1. The number of carbonyl (C=O) groups is 5. The second-order valence-corrected chi connectivity index (χ2v) is 12.5. The number of aromatic nitrogens is 2. The number of thiazole rings is 1. The van der Waals surface area contributed by atoms with Crippen molar-refractivity contribution in [3.05, 3.63) is 46.9 Å². The highest BCUT2D eigenvalue weighted by Gasteiger charge is 2.54. The van der Waals surface area contributed by atoms with Crippen molar-refractivity contribution in [1.82, 2.24) is 15.2 Å². The molecule has 1 saturated heterocycles. The number of thioether (sulfide) groups is 2. The maximum atomic E-state index is 13.2. The van der Waals surface area contributed by atoms with Crippen LogP contribution in [-0.2, 0) is 35.4 Å². The molecular weight excluding hydrogens is 611 g/mol. The number of amides is 3. The number of hydrogen-bond acceptors (Lipinski definition) is 12. The van der Waals surface area contributed by atoms with Crippen molar-refractivity contribution in [2.45, 2.75) is 42.3 Å². The van der Waals surface area contributed by atoms with Crippen LogP contribution in [0.15, 0.2) is 51.2 Å². The summed E-state index contributed by atoms with van der Waals surface area (Å²) >= 11 is 3.68. The molecule has 222 valence electrons. The van der Waals surface area contributed by atoms with Gasteiger partial charge in [0.1, 0.15) is 22.8 Å². The van der Waals surface area contributed by atoms with Gasteiger partial charge in [0.2, 0.25) is 12.1 Å². The van der Waals surface area contributed by atoms with Gasteiger partial charge in [0.15, 0.2) is 23.2 Å². The van der Waals surface area contributed by atoms with Gasteiger partial charge in [-0.25, -0.2) is 14.6 Å². The molecular formula is C24H26N7O8S3+. The van der Waals surface area contributed by atoms with Crippen molar-refractivity contribution < 1.29 is 43.6 Å². The predicted molar refractivity (Wildman–Crippen MR) is 152 cm³/mol. The van der Waals surface area contributed by atoms with Crippen LogP contribution in [0, 0.1) is 0 Å². The van der Waals surface area contributed by atoms with Crippen molar-refractivity contribution in [1.29, 1.82) is 0 Å². The molecule has 2 aliphatic rings. The number of carboxylic acids is 2. The molecule has 4 rings (SSSR count). The third kappa shape index (κ3) is 6.66. The lowest BCUT2D eigenvalue weighted by Crippen LogP contribution is -2.71. The number of nitrogens with one attached hydrogen (secondary N) is 1. The Kier molecular flexibility index (Phi) is 9.07. The maximum absolute atomic E-state index is 13.2. The summed E-state index contributed by atoms with van der Waals surface area (Å²) in [7, 11) is 0. The number of nitrogens with two attached hydrogens (primary N) is 2. The number of carbonyl (C=O) groups excluding carboxylic acids is 3. The van der Waals surface area contributed by atoms with Crippen LogP contribution < -0.4 is 21.4 Å². The Bertz CT molecular complexity index is 1510. The molecule has 2 aliphatic heterocycles. The van der Waals surface area contributed by atoms with Gasteiger partial charge in [-0.05, 0) is 19.4 Å².